The van der Waals surface area contributed by atoms with Crippen molar-refractivity contribution in [3.63, 3.8) is 0 Å². The van der Waals surface area contributed by atoms with Crippen molar-refractivity contribution in [2.75, 3.05) is 19.0 Å². The van der Waals surface area contributed by atoms with E-state index < -0.39 is 0 Å². The molecule has 0 atom stereocenters. The Hall–Kier alpha value is -2.79. The highest BCUT2D eigenvalue weighted by Gasteiger charge is 2.09. The molecule has 0 saturated heterocycles. The van der Waals surface area contributed by atoms with E-state index in [1.165, 1.54) is 0 Å². The zero-order chi connectivity index (χ0) is 18.5. The molecule has 3 aromatic rings. The second kappa shape index (κ2) is 9.24. The molecule has 1 heterocycles. The van der Waals surface area contributed by atoms with Crippen molar-refractivity contribution < 1.29 is 14.3 Å². The number of benzene rings is 2. The Morgan fingerprint density at radius 2 is 1.85 bits per heavy atom. The van der Waals surface area contributed by atoms with E-state index in [1.807, 2.05) is 50.2 Å². The zero-order valence-electron chi connectivity index (χ0n) is 15.6. The van der Waals surface area contributed by atoms with Crippen molar-refractivity contribution >= 4 is 40.7 Å². The summed E-state index contributed by atoms with van der Waals surface area (Å²) in [6.45, 7) is 4.36. The van der Waals surface area contributed by atoms with Gasteiger partial charge in [0.15, 0.2) is 0 Å². The van der Waals surface area contributed by atoms with Gasteiger partial charge in [-0.3, -0.25) is 4.98 Å². The highest BCUT2D eigenvalue weighted by atomic mass is 35.5. The van der Waals surface area contributed by atoms with Crippen LogP contribution in [0.15, 0.2) is 48.5 Å². The lowest BCUT2D eigenvalue weighted by atomic mass is 10.1. The van der Waals surface area contributed by atoms with Crippen LogP contribution in [-0.2, 0) is 4.74 Å². The van der Waals surface area contributed by atoms with Crippen molar-refractivity contribution in [2.24, 2.45) is 0 Å². The smallest absolute Gasteiger partial charge is 0.338 e. The van der Waals surface area contributed by atoms with Crippen molar-refractivity contribution in [3.8, 4) is 5.75 Å². The number of carbonyl (C=O) groups excluding carboxylic acids is 1. The SMILES string of the molecule is CCCOC(=O)c1ccc(Nc2cc(C)nc3ccc(OC)cc23)cc1.Cl. The van der Waals surface area contributed by atoms with Gasteiger partial charge in [-0.15, -0.1) is 12.4 Å². The molecular weight excluding hydrogens is 364 g/mol. The number of carbonyl (C=O) groups is 1. The maximum atomic E-state index is 11.9. The quantitative estimate of drug-likeness (QED) is 0.583. The first kappa shape index (κ1) is 20.5. The van der Waals surface area contributed by atoms with Crippen LogP contribution in [0.2, 0.25) is 0 Å². The van der Waals surface area contributed by atoms with Gasteiger partial charge in [-0.1, -0.05) is 6.92 Å². The fourth-order valence-electron chi connectivity index (χ4n) is 2.69. The van der Waals surface area contributed by atoms with E-state index in [9.17, 15) is 4.79 Å². The summed E-state index contributed by atoms with van der Waals surface area (Å²) in [5.74, 6) is 0.480. The Kier molecular flexibility index (Phi) is 7.02. The van der Waals surface area contributed by atoms with Gasteiger partial charge in [-0.05, 0) is 61.9 Å². The Morgan fingerprint density at radius 3 is 2.52 bits per heavy atom. The number of aromatic nitrogens is 1. The number of halogens is 1. The highest BCUT2D eigenvalue weighted by molar-refractivity contribution is 5.94. The average molecular weight is 387 g/mol. The third kappa shape index (κ3) is 4.89. The summed E-state index contributed by atoms with van der Waals surface area (Å²) in [7, 11) is 1.65. The molecule has 1 aromatic heterocycles. The maximum absolute atomic E-state index is 11.9. The number of aryl methyl sites for hydroxylation is 1. The molecule has 0 bridgehead atoms. The molecule has 0 saturated carbocycles. The molecule has 3 rings (SSSR count). The molecule has 0 spiro atoms. The van der Waals surface area contributed by atoms with Gasteiger partial charge in [0.2, 0.25) is 0 Å². The second-order valence-electron chi connectivity index (χ2n) is 6.03. The predicted octanol–water partition coefficient (Wildman–Crippen LogP) is 5.28. The maximum Gasteiger partial charge on any atom is 0.338 e. The van der Waals surface area contributed by atoms with E-state index in [-0.39, 0.29) is 18.4 Å². The zero-order valence-corrected chi connectivity index (χ0v) is 16.4. The number of ether oxygens (including phenoxy) is 2. The highest BCUT2D eigenvalue weighted by Crippen LogP contribution is 2.29. The molecule has 0 amide bonds. The van der Waals surface area contributed by atoms with Crippen molar-refractivity contribution in [1.29, 1.82) is 0 Å². The van der Waals surface area contributed by atoms with Gasteiger partial charge in [-0.2, -0.15) is 0 Å². The number of esters is 1. The predicted molar refractivity (Wildman–Crippen MR) is 111 cm³/mol. The molecule has 6 heteroatoms. The monoisotopic (exact) mass is 386 g/mol. The molecule has 27 heavy (non-hydrogen) atoms. The summed E-state index contributed by atoms with van der Waals surface area (Å²) >= 11 is 0. The minimum atomic E-state index is -0.298. The van der Waals surface area contributed by atoms with Gasteiger partial charge >= 0.3 is 5.97 Å². The van der Waals surface area contributed by atoms with E-state index in [0.29, 0.717) is 12.2 Å². The van der Waals surface area contributed by atoms with Crippen molar-refractivity contribution in [1.82, 2.24) is 4.98 Å². The van der Waals surface area contributed by atoms with Gasteiger partial charge in [0.1, 0.15) is 5.75 Å². The standard InChI is InChI=1S/C21H22N2O3.ClH/c1-4-11-26-21(24)15-5-7-16(8-6-15)23-20-12-14(2)22-19-10-9-17(25-3)13-18(19)20;/h5-10,12-13H,4,11H2,1-3H3,(H,22,23);1H. The number of anilines is 2. The normalized spacial score (nSPS) is 10.2. The fraction of sp³-hybridized carbons (Fsp3) is 0.238. The Labute approximate surface area is 165 Å². The number of fused-ring (bicyclic) bond motifs is 1. The molecule has 5 nitrogen and oxygen atoms in total. The third-order valence-corrected chi connectivity index (χ3v) is 3.98. The van der Waals surface area contributed by atoms with Crippen LogP contribution in [0.3, 0.4) is 0 Å². The summed E-state index contributed by atoms with van der Waals surface area (Å²) < 4.78 is 10.5. The lowest BCUT2D eigenvalue weighted by Gasteiger charge is -2.12. The average Bonchev–Trinajstić information content (AvgIpc) is 2.66. The molecule has 0 aliphatic carbocycles. The minimum absolute atomic E-state index is 0. The number of hydrogen-bond acceptors (Lipinski definition) is 5. The summed E-state index contributed by atoms with van der Waals surface area (Å²) in [4.78, 5) is 16.5. The molecule has 0 unspecified atom stereocenters. The second-order valence-corrected chi connectivity index (χ2v) is 6.03. The van der Waals surface area contributed by atoms with Crippen LogP contribution in [0.4, 0.5) is 11.4 Å². The first-order valence-corrected chi connectivity index (χ1v) is 8.60. The molecule has 0 aliphatic heterocycles. The lowest BCUT2D eigenvalue weighted by molar-refractivity contribution is 0.0505. The van der Waals surface area contributed by atoms with Gasteiger partial charge < -0.3 is 14.8 Å². The van der Waals surface area contributed by atoms with Crippen LogP contribution in [0, 0.1) is 6.92 Å². The van der Waals surface area contributed by atoms with Crippen molar-refractivity contribution in [3.05, 3.63) is 59.8 Å². The molecule has 1 N–H and O–H groups in total. The number of hydrogen-bond donors (Lipinski definition) is 1. The van der Waals surface area contributed by atoms with Crippen LogP contribution in [0.1, 0.15) is 29.4 Å². The van der Waals surface area contributed by atoms with Gasteiger partial charge in [0.05, 0.1) is 24.8 Å². The summed E-state index contributed by atoms with van der Waals surface area (Å²) in [5, 5.41) is 4.37. The molecule has 0 radical (unpaired) electrons. The molecule has 0 aliphatic rings. The topological polar surface area (TPSA) is 60.5 Å². The lowest BCUT2D eigenvalue weighted by Crippen LogP contribution is -2.05. The van der Waals surface area contributed by atoms with E-state index in [0.717, 1.165) is 40.1 Å². The molecular formula is C21H23ClN2O3. The Bertz CT molecular complexity index is 927. The van der Waals surface area contributed by atoms with Crippen molar-refractivity contribution in [2.45, 2.75) is 20.3 Å². The van der Waals surface area contributed by atoms with Gasteiger partial charge in [0, 0.05) is 22.5 Å². The van der Waals surface area contributed by atoms with E-state index in [2.05, 4.69) is 10.3 Å². The third-order valence-electron chi connectivity index (χ3n) is 3.98. The summed E-state index contributed by atoms with van der Waals surface area (Å²) in [5.41, 5.74) is 4.18. The molecule has 0 fully saturated rings. The number of methoxy groups -OCH3 is 1. The van der Waals surface area contributed by atoms with Gasteiger partial charge in [0.25, 0.3) is 0 Å². The summed E-state index contributed by atoms with van der Waals surface area (Å²) in [6, 6.07) is 15.0. The number of nitrogens with one attached hydrogen (secondary N) is 1. The Balaban J connectivity index is 0.00000261. The molecule has 2 aromatic carbocycles. The van der Waals surface area contributed by atoms with E-state index in [4.69, 9.17) is 9.47 Å². The summed E-state index contributed by atoms with van der Waals surface area (Å²) in [6.07, 6.45) is 0.809. The van der Waals surface area contributed by atoms with E-state index in [1.54, 1.807) is 19.2 Å². The van der Waals surface area contributed by atoms with Crippen LogP contribution in [0.25, 0.3) is 10.9 Å². The number of rotatable bonds is 6. The van der Waals surface area contributed by atoms with Crippen LogP contribution in [-0.4, -0.2) is 24.7 Å². The minimum Gasteiger partial charge on any atom is -0.497 e. The largest absolute Gasteiger partial charge is 0.497 e. The van der Waals surface area contributed by atoms with Crippen LogP contribution >= 0.6 is 12.4 Å². The van der Waals surface area contributed by atoms with Gasteiger partial charge in [-0.25, -0.2) is 4.79 Å². The number of pyridine rings is 1. The number of nitrogens with zero attached hydrogens (tertiary/aromatic N) is 1. The Morgan fingerprint density at radius 1 is 1.11 bits per heavy atom. The molecule has 142 valence electrons. The van der Waals surface area contributed by atoms with Crippen LogP contribution < -0.4 is 10.1 Å². The first-order chi connectivity index (χ1) is 12.6. The van der Waals surface area contributed by atoms with Crippen LogP contribution in [0.5, 0.6) is 5.75 Å². The van der Waals surface area contributed by atoms with E-state index >= 15 is 0 Å². The first-order valence-electron chi connectivity index (χ1n) is 8.60. The fourth-order valence-corrected chi connectivity index (χ4v) is 2.69.